The first-order chi connectivity index (χ1) is 5.20. The van der Waals surface area contributed by atoms with Gasteiger partial charge in [-0.3, -0.25) is 4.79 Å². The zero-order chi connectivity index (χ0) is 8.69. The molecule has 0 rings (SSSR count). The maximum absolute atomic E-state index is 10.8. The molecule has 11 heavy (non-hydrogen) atoms. The lowest BCUT2D eigenvalue weighted by Gasteiger charge is -2.07. The van der Waals surface area contributed by atoms with Crippen molar-refractivity contribution in [1.82, 2.24) is 0 Å². The Labute approximate surface area is 67.4 Å². The summed E-state index contributed by atoms with van der Waals surface area (Å²) < 4.78 is 4.84. The molecule has 0 aromatic carbocycles. The maximum Gasteiger partial charge on any atom is 0.305 e. The molecular formula is C8H16O3. The molecule has 0 fully saturated rings. The molecule has 3 heteroatoms. The molecule has 0 aliphatic heterocycles. The van der Waals surface area contributed by atoms with Gasteiger partial charge in [0.05, 0.1) is 6.61 Å². The fourth-order valence-corrected chi connectivity index (χ4v) is 0.564. The van der Waals surface area contributed by atoms with Gasteiger partial charge in [-0.15, -0.1) is 0 Å². The second-order valence-corrected chi connectivity index (χ2v) is 2.72. The average Bonchev–Trinajstić information content (AvgIpc) is 2.01. The maximum atomic E-state index is 10.8. The Kier molecular flexibility index (Phi) is 5.84. The zero-order valence-electron chi connectivity index (χ0n) is 7.17. The number of hydrogen-bond donors (Lipinski definition) is 1. The molecule has 1 N–H and O–H groups in total. The summed E-state index contributed by atoms with van der Waals surface area (Å²) in [6, 6.07) is 0. The van der Waals surface area contributed by atoms with E-state index in [0.717, 1.165) is 6.42 Å². The van der Waals surface area contributed by atoms with E-state index in [9.17, 15) is 4.79 Å². The van der Waals surface area contributed by atoms with Crippen LogP contribution in [0.25, 0.3) is 0 Å². The molecule has 0 aromatic rings. The van der Waals surface area contributed by atoms with E-state index >= 15 is 0 Å². The van der Waals surface area contributed by atoms with Crippen LogP contribution in [0.5, 0.6) is 0 Å². The molecule has 0 saturated carbocycles. The molecule has 1 atom stereocenters. The van der Waals surface area contributed by atoms with Crippen molar-refractivity contribution in [1.29, 1.82) is 0 Å². The van der Waals surface area contributed by atoms with E-state index in [1.54, 1.807) is 0 Å². The lowest BCUT2D eigenvalue weighted by Crippen LogP contribution is -2.14. The second-order valence-electron chi connectivity index (χ2n) is 2.72. The summed E-state index contributed by atoms with van der Waals surface area (Å²) in [5.41, 5.74) is 0. The topological polar surface area (TPSA) is 46.5 Å². The van der Waals surface area contributed by atoms with Crippen molar-refractivity contribution < 1.29 is 14.6 Å². The Hall–Kier alpha value is -0.570. The summed E-state index contributed by atoms with van der Waals surface area (Å²) in [6.07, 6.45) is 1.28. The summed E-state index contributed by atoms with van der Waals surface area (Å²) >= 11 is 0. The summed E-state index contributed by atoms with van der Waals surface area (Å²) in [5.74, 6) is -0.122. The Morgan fingerprint density at radius 1 is 1.64 bits per heavy atom. The fraction of sp³-hybridized carbons (Fsp3) is 0.875. The normalized spacial score (nSPS) is 12.6. The summed E-state index contributed by atoms with van der Waals surface area (Å²) in [4.78, 5) is 10.8. The Bertz CT molecular complexity index is 112. The highest BCUT2D eigenvalue weighted by molar-refractivity contribution is 5.69. The van der Waals surface area contributed by atoms with Gasteiger partial charge in [0.1, 0.15) is 0 Å². The number of carbonyl (C=O) groups excluding carboxylic acids is 1. The van der Waals surface area contributed by atoms with Crippen molar-refractivity contribution >= 4 is 5.97 Å². The first kappa shape index (κ1) is 10.4. The monoisotopic (exact) mass is 160 g/mol. The van der Waals surface area contributed by atoms with Gasteiger partial charge in [0.2, 0.25) is 0 Å². The fourth-order valence-electron chi connectivity index (χ4n) is 0.564. The summed E-state index contributed by atoms with van der Waals surface area (Å²) in [5, 5.41) is 8.59. The minimum Gasteiger partial charge on any atom is -0.465 e. The highest BCUT2D eigenvalue weighted by Gasteiger charge is 2.04. The van der Waals surface area contributed by atoms with Crippen molar-refractivity contribution in [3.63, 3.8) is 0 Å². The van der Waals surface area contributed by atoms with E-state index in [1.807, 2.05) is 13.8 Å². The standard InChI is InChI=1S/C8H16O3/c1-3-4-8(10)11-6-7(2)5-9/h7,9H,3-6H2,1-2H3. The molecule has 0 spiro atoms. The number of rotatable bonds is 5. The van der Waals surface area contributed by atoms with Gasteiger partial charge in [-0.1, -0.05) is 13.8 Å². The molecule has 66 valence electrons. The lowest BCUT2D eigenvalue weighted by molar-refractivity contribution is -0.145. The molecule has 3 nitrogen and oxygen atoms in total. The SMILES string of the molecule is CCCC(=O)OCC(C)CO. The summed E-state index contributed by atoms with van der Waals surface area (Å²) in [7, 11) is 0. The van der Waals surface area contributed by atoms with Crippen LogP contribution < -0.4 is 0 Å². The molecule has 1 unspecified atom stereocenters. The van der Waals surface area contributed by atoms with E-state index in [0.29, 0.717) is 13.0 Å². The van der Waals surface area contributed by atoms with Crippen molar-refractivity contribution in [2.24, 2.45) is 5.92 Å². The number of aliphatic hydroxyl groups is 1. The molecule has 0 saturated heterocycles. The largest absolute Gasteiger partial charge is 0.465 e. The van der Waals surface area contributed by atoms with Gasteiger partial charge in [0, 0.05) is 18.9 Å². The molecule has 0 radical (unpaired) electrons. The average molecular weight is 160 g/mol. The lowest BCUT2D eigenvalue weighted by atomic mass is 10.2. The van der Waals surface area contributed by atoms with Crippen LogP contribution in [-0.2, 0) is 9.53 Å². The second kappa shape index (κ2) is 6.16. The van der Waals surface area contributed by atoms with Crippen LogP contribution in [0, 0.1) is 5.92 Å². The molecule has 0 heterocycles. The zero-order valence-corrected chi connectivity index (χ0v) is 7.17. The van der Waals surface area contributed by atoms with Crippen LogP contribution in [0.1, 0.15) is 26.7 Å². The van der Waals surface area contributed by atoms with Gasteiger partial charge in [-0.25, -0.2) is 0 Å². The highest BCUT2D eigenvalue weighted by atomic mass is 16.5. The van der Waals surface area contributed by atoms with Gasteiger partial charge in [-0.2, -0.15) is 0 Å². The number of esters is 1. The third-order valence-electron chi connectivity index (χ3n) is 1.29. The predicted molar refractivity (Wildman–Crippen MR) is 42.1 cm³/mol. The minimum absolute atomic E-state index is 0.0517. The number of hydrogen-bond acceptors (Lipinski definition) is 3. The van der Waals surface area contributed by atoms with Gasteiger partial charge < -0.3 is 9.84 Å². The Balaban J connectivity index is 3.30. The van der Waals surface area contributed by atoms with Crippen LogP contribution >= 0.6 is 0 Å². The first-order valence-corrected chi connectivity index (χ1v) is 3.97. The van der Waals surface area contributed by atoms with Crippen molar-refractivity contribution in [2.45, 2.75) is 26.7 Å². The van der Waals surface area contributed by atoms with Crippen LogP contribution in [0.15, 0.2) is 0 Å². The smallest absolute Gasteiger partial charge is 0.305 e. The third-order valence-corrected chi connectivity index (χ3v) is 1.29. The van der Waals surface area contributed by atoms with Gasteiger partial charge >= 0.3 is 5.97 Å². The van der Waals surface area contributed by atoms with E-state index < -0.39 is 0 Å². The quantitative estimate of drug-likeness (QED) is 0.609. The molecule has 0 aliphatic rings. The molecule has 0 amide bonds. The molecular weight excluding hydrogens is 144 g/mol. The Morgan fingerprint density at radius 2 is 2.27 bits per heavy atom. The first-order valence-electron chi connectivity index (χ1n) is 3.97. The number of ether oxygens (including phenoxy) is 1. The van der Waals surface area contributed by atoms with E-state index in [1.165, 1.54) is 0 Å². The minimum atomic E-state index is -0.173. The van der Waals surface area contributed by atoms with Crippen molar-refractivity contribution in [3.05, 3.63) is 0 Å². The van der Waals surface area contributed by atoms with Crippen LogP contribution in [0.4, 0.5) is 0 Å². The summed E-state index contributed by atoms with van der Waals surface area (Å²) in [6.45, 7) is 4.16. The third kappa shape index (κ3) is 5.85. The van der Waals surface area contributed by atoms with E-state index in [2.05, 4.69) is 0 Å². The number of carbonyl (C=O) groups is 1. The van der Waals surface area contributed by atoms with Gasteiger partial charge in [-0.05, 0) is 6.42 Å². The van der Waals surface area contributed by atoms with E-state index in [4.69, 9.17) is 9.84 Å². The van der Waals surface area contributed by atoms with Crippen LogP contribution in [0.3, 0.4) is 0 Å². The van der Waals surface area contributed by atoms with Crippen molar-refractivity contribution in [2.75, 3.05) is 13.2 Å². The van der Waals surface area contributed by atoms with Crippen LogP contribution in [0.2, 0.25) is 0 Å². The Morgan fingerprint density at radius 3 is 2.73 bits per heavy atom. The highest BCUT2D eigenvalue weighted by Crippen LogP contribution is 1.97. The van der Waals surface area contributed by atoms with E-state index in [-0.39, 0.29) is 18.5 Å². The number of aliphatic hydroxyl groups excluding tert-OH is 1. The van der Waals surface area contributed by atoms with Crippen molar-refractivity contribution in [3.8, 4) is 0 Å². The van der Waals surface area contributed by atoms with Gasteiger partial charge in [0.25, 0.3) is 0 Å². The molecule has 0 bridgehead atoms. The molecule has 0 aliphatic carbocycles. The van der Waals surface area contributed by atoms with Gasteiger partial charge in [0.15, 0.2) is 0 Å². The predicted octanol–water partition coefficient (Wildman–Crippen LogP) is 0.958. The molecule has 0 aromatic heterocycles. The van der Waals surface area contributed by atoms with Crippen LogP contribution in [-0.4, -0.2) is 24.3 Å².